The lowest BCUT2D eigenvalue weighted by atomic mass is 10.2. The van der Waals surface area contributed by atoms with Gasteiger partial charge in [-0.25, -0.2) is 4.79 Å². The number of benzene rings is 1. The number of carbonyl (C=O) groups is 1. The second-order valence-corrected chi connectivity index (χ2v) is 3.98. The topological polar surface area (TPSA) is 30.7 Å². The quantitative estimate of drug-likeness (QED) is 0.767. The van der Waals surface area contributed by atoms with Gasteiger partial charge in [0.25, 0.3) is 0 Å². The summed E-state index contributed by atoms with van der Waals surface area (Å²) in [4.78, 5) is 12.8. The molecule has 1 aromatic carbocycles. The smallest absolute Gasteiger partial charge is 0.339 e. The summed E-state index contributed by atoms with van der Waals surface area (Å²) >= 11 is 5.85. The number of ether oxygens (including phenoxy) is 1. The van der Waals surface area contributed by atoms with Crippen LogP contribution in [0.1, 0.15) is 10.4 Å². The van der Waals surface area contributed by atoms with E-state index in [-0.39, 0.29) is 5.97 Å². The maximum Gasteiger partial charge on any atom is 0.339 e. The van der Waals surface area contributed by atoms with E-state index in [2.05, 4.69) is 0 Å². The lowest BCUT2D eigenvalue weighted by molar-refractivity contribution is -0.858. The Balaban J connectivity index is 2.51. The van der Waals surface area contributed by atoms with Gasteiger partial charge in [0.05, 0.1) is 24.7 Å². The van der Waals surface area contributed by atoms with E-state index in [9.17, 15) is 4.79 Å². The molecule has 0 unspecified atom stereocenters. The first-order valence-corrected chi connectivity index (χ1v) is 5.19. The maximum absolute atomic E-state index is 11.5. The molecule has 15 heavy (non-hydrogen) atoms. The molecule has 4 heteroatoms. The largest absolute Gasteiger partial charge is 0.456 e. The third-order valence-electron chi connectivity index (χ3n) is 1.93. The fourth-order valence-corrected chi connectivity index (χ4v) is 1.27. The molecule has 3 nitrogen and oxygen atoms in total. The van der Waals surface area contributed by atoms with E-state index in [0.717, 1.165) is 6.54 Å². The summed E-state index contributed by atoms with van der Waals surface area (Å²) in [5.74, 6) is -0.359. The van der Waals surface area contributed by atoms with Crippen LogP contribution in [0.5, 0.6) is 0 Å². The molecule has 1 aromatic rings. The molecule has 0 aliphatic heterocycles. The Bertz CT molecular complexity index is 339. The molecule has 0 radical (unpaired) electrons. The highest BCUT2D eigenvalue weighted by molar-refractivity contribution is 6.33. The highest BCUT2D eigenvalue weighted by Gasteiger charge is 2.10. The third-order valence-corrected chi connectivity index (χ3v) is 2.26. The first-order valence-electron chi connectivity index (χ1n) is 4.82. The Hall–Kier alpha value is -1.06. The van der Waals surface area contributed by atoms with E-state index in [1.54, 1.807) is 24.3 Å². The second-order valence-electron chi connectivity index (χ2n) is 3.57. The minimum atomic E-state index is -0.359. The van der Waals surface area contributed by atoms with Crippen LogP contribution in [-0.2, 0) is 4.74 Å². The number of quaternary nitrogens is 1. The van der Waals surface area contributed by atoms with Gasteiger partial charge in [-0.1, -0.05) is 23.7 Å². The molecule has 0 saturated heterocycles. The summed E-state index contributed by atoms with van der Waals surface area (Å²) in [5.41, 5.74) is 0.424. The number of esters is 1. The van der Waals surface area contributed by atoms with Gasteiger partial charge in [-0.3, -0.25) is 0 Å². The van der Waals surface area contributed by atoms with E-state index < -0.39 is 0 Å². The fourth-order valence-electron chi connectivity index (χ4n) is 1.05. The van der Waals surface area contributed by atoms with Gasteiger partial charge < -0.3 is 9.64 Å². The molecule has 1 N–H and O–H groups in total. The van der Waals surface area contributed by atoms with Crippen molar-refractivity contribution in [1.29, 1.82) is 0 Å². The summed E-state index contributed by atoms with van der Waals surface area (Å²) in [6.07, 6.45) is 0. The lowest BCUT2D eigenvalue weighted by Gasteiger charge is -2.08. The lowest BCUT2D eigenvalue weighted by Crippen LogP contribution is -3.06. The van der Waals surface area contributed by atoms with Crippen molar-refractivity contribution in [3.63, 3.8) is 0 Å². The van der Waals surface area contributed by atoms with Crippen LogP contribution in [0.25, 0.3) is 0 Å². The molecule has 82 valence electrons. The van der Waals surface area contributed by atoms with Gasteiger partial charge in [0.1, 0.15) is 13.2 Å². The van der Waals surface area contributed by atoms with E-state index in [1.165, 1.54) is 4.90 Å². The molecule has 0 aliphatic rings. The van der Waals surface area contributed by atoms with E-state index in [0.29, 0.717) is 17.2 Å². The number of halogens is 1. The number of likely N-dealkylation sites (N-methyl/N-ethyl adjacent to an activating group) is 1. The molecule has 0 spiro atoms. The van der Waals surface area contributed by atoms with Crippen LogP contribution in [-0.4, -0.2) is 33.2 Å². The van der Waals surface area contributed by atoms with Gasteiger partial charge in [0.2, 0.25) is 0 Å². The van der Waals surface area contributed by atoms with Crippen molar-refractivity contribution in [3.8, 4) is 0 Å². The van der Waals surface area contributed by atoms with Gasteiger partial charge in [-0.2, -0.15) is 0 Å². The monoisotopic (exact) mass is 228 g/mol. The fraction of sp³-hybridized carbons (Fsp3) is 0.364. The summed E-state index contributed by atoms with van der Waals surface area (Å²) in [5, 5.41) is 0.430. The molecule has 0 saturated carbocycles. The first kappa shape index (κ1) is 12.0. The van der Waals surface area contributed by atoms with Crippen molar-refractivity contribution in [2.24, 2.45) is 0 Å². The Morgan fingerprint density at radius 3 is 2.67 bits per heavy atom. The molecule has 0 fully saturated rings. The molecule has 0 aromatic heterocycles. The molecular weight excluding hydrogens is 214 g/mol. The number of hydrogen-bond acceptors (Lipinski definition) is 2. The standard InChI is InChI=1S/C11H14ClNO2/c1-13(2)7-8-15-11(14)9-5-3-4-6-10(9)12/h3-6H,7-8H2,1-2H3/p+1. The zero-order chi connectivity index (χ0) is 11.3. The normalized spacial score (nSPS) is 10.4. The number of nitrogens with one attached hydrogen (secondary N) is 1. The van der Waals surface area contributed by atoms with Crippen LogP contribution in [0.2, 0.25) is 5.02 Å². The van der Waals surface area contributed by atoms with Gasteiger partial charge in [-0.15, -0.1) is 0 Å². The highest BCUT2D eigenvalue weighted by Crippen LogP contribution is 2.15. The number of carbonyl (C=O) groups excluding carboxylic acids is 1. The average Bonchev–Trinajstić information content (AvgIpc) is 2.17. The van der Waals surface area contributed by atoms with Crippen molar-refractivity contribution >= 4 is 17.6 Å². The highest BCUT2D eigenvalue weighted by atomic mass is 35.5. The molecular formula is C11H15ClNO2+. The molecule has 0 atom stereocenters. The van der Waals surface area contributed by atoms with Crippen LogP contribution in [0, 0.1) is 0 Å². The number of hydrogen-bond donors (Lipinski definition) is 1. The molecule has 0 bridgehead atoms. The zero-order valence-electron chi connectivity index (χ0n) is 8.92. The predicted octanol–water partition coefficient (Wildman–Crippen LogP) is 0.641. The average molecular weight is 229 g/mol. The summed E-state index contributed by atoms with van der Waals surface area (Å²) in [7, 11) is 4.01. The molecule has 0 heterocycles. The minimum absolute atomic E-state index is 0.359. The van der Waals surface area contributed by atoms with Crippen molar-refractivity contribution in [2.75, 3.05) is 27.2 Å². The minimum Gasteiger partial charge on any atom is -0.456 e. The second kappa shape index (κ2) is 5.73. The zero-order valence-corrected chi connectivity index (χ0v) is 9.67. The van der Waals surface area contributed by atoms with Crippen molar-refractivity contribution in [3.05, 3.63) is 34.9 Å². The van der Waals surface area contributed by atoms with Crippen LogP contribution in [0.15, 0.2) is 24.3 Å². The van der Waals surface area contributed by atoms with Gasteiger partial charge in [0.15, 0.2) is 0 Å². The van der Waals surface area contributed by atoms with Crippen molar-refractivity contribution in [1.82, 2.24) is 0 Å². The van der Waals surface area contributed by atoms with Crippen LogP contribution < -0.4 is 4.90 Å². The van der Waals surface area contributed by atoms with E-state index in [4.69, 9.17) is 16.3 Å². The first-order chi connectivity index (χ1) is 7.11. The van der Waals surface area contributed by atoms with E-state index >= 15 is 0 Å². The Morgan fingerprint density at radius 2 is 2.07 bits per heavy atom. The summed E-state index contributed by atoms with van der Waals surface area (Å²) in [6, 6.07) is 6.88. The Labute approximate surface area is 94.6 Å². The maximum atomic E-state index is 11.5. The van der Waals surface area contributed by atoms with Crippen molar-refractivity contribution in [2.45, 2.75) is 0 Å². The third kappa shape index (κ3) is 3.90. The van der Waals surface area contributed by atoms with Gasteiger partial charge >= 0.3 is 5.97 Å². The van der Waals surface area contributed by atoms with Gasteiger partial charge in [-0.05, 0) is 12.1 Å². The molecule has 0 aliphatic carbocycles. The number of rotatable bonds is 4. The van der Waals surface area contributed by atoms with Crippen LogP contribution in [0.3, 0.4) is 0 Å². The molecule has 1 rings (SSSR count). The Kier molecular flexibility index (Phi) is 4.59. The summed E-state index contributed by atoms with van der Waals surface area (Å²) in [6.45, 7) is 1.20. The Morgan fingerprint density at radius 1 is 1.40 bits per heavy atom. The SMILES string of the molecule is C[NH+](C)CCOC(=O)c1ccccc1Cl. The van der Waals surface area contributed by atoms with E-state index in [1.807, 2.05) is 14.1 Å². The summed E-state index contributed by atoms with van der Waals surface area (Å²) < 4.78 is 5.08. The van der Waals surface area contributed by atoms with Crippen LogP contribution in [0.4, 0.5) is 0 Å². The molecule has 0 amide bonds. The van der Waals surface area contributed by atoms with Gasteiger partial charge in [0, 0.05) is 0 Å². The predicted molar refractivity (Wildman–Crippen MR) is 59.4 cm³/mol. The van der Waals surface area contributed by atoms with Crippen LogP contribution >= 0.6 is 11.6 Å². The van der Waals surface area contributed by atoms with Crippen molar-refractivity contribution < 1.29 is 14.4 Å².